The average molecular weight is 609 g/mol. The van der Waals surface area contributed by atoms with Crippen LogP contribution in [-0.2, 0) is 11.2 Å². The quantitative estimate of drug-likeness (QED) is 0.271. The van der Waals surface area contributed by atoms with Crippen molar-refractivity contribution in [2.45, 2.75) is 44.2 Å². The molecule has 42 heavy (non-hydrogen) atoms. The predicted molar refractivity (Wildman–Crippen MR) is 164 cm³/mol. The highest BCUT2D eigenvalue weighted by atomic mass is 35.5. The zero-order valence-electron chi connectivity index (χ0n) is 23.1. The number of nitrogens with one attached hydrogen (secondary N) is 2. The summed E-state index contributed by atoms with van der Waals surface area (Å²) >= 11 is 13.0. The molecule has 218 valence electrons. The Labute approximate surface area is 254 Å². The van der Waals surface area contributed by atoms with Gasteiger partial charge in [-0.05, 0) is 95.3 Å². The number of amides is 3. The van der Waals surface area contributed by atoms with Crippen LogP contribution in [0.4, 0.5) is 9.18 Å². The van der Waals surface area contributed by atoms with E-state index in [2.05, 4.69) is 27.7 Å². The zero-order chi connectivity index (χ0) is 29.2. The van der Waals surface area contributed by atoms with Gasteiger partial charge >= 0.3 is 6.03 Å². The third kappa shape index (κ3) is 6.05. The van der Waals surface area contributed by atoms with Gasteiger partial charge in [-0.1, -0.05) is 59.6 Å². The Morgan fingerprint density at radius 1 is 0.976 bits per heavy atom. The summed E-state index contributed by atoms with van der Waals surface area (Å²) in [4.78, 5) is 26.4. The van der Waals surface area contributed by atoms with Gasteiger partial charge in [-0.3, -0.25) is 19.4 Å². The summed E-state index contributed by atoms with van der Waals surface area (Å²) in [7, 11) is 0. The molecule has 0 radical (unpaired) electrons. The molecule has 9 heteroatoms. The summed E-state index contributed by atoms with van der Waals surface area (Å²) in [6, 6.07) is 18.6. The lowest BCUT2D eigenvalue weighted by molar-refractivity contribution is -0.120. The number of urea groups is 1. The van der Waals surface area contributed by atoms with Gasteiger partial charge in [-0.25, -0.2) is 4.79 Å². The van der Waals surface area contributed by atoms with Crippen LogP contribution in [0.5, 0.6) is 5.75 Å². The highest BCUT2D eigenvalue weighted by molar-refractivity contribution is 6.36. The SMILES string of the molecule is O=C1NC(=O)C(c2ccc3c(c2)CCCC(c2ccc(Cl)cc2Cl)=C3c2ccc(O[C@H]3CCN(CCCF)C3)cc2)N1. The number of allylic oxidation sites excluding steroid dienone is 1. The fourth-order valence-corrected chi connectivity index (χ4v) is 6.77. The van der Waals surface area contributed by atoms with E-state index in [1.807, 2.05) is 42.5 Å². The van der Waals surface area contributed by atoms with E-state index >= 15 is 0 Å². The first-order valence-electron chi connectivity index (χ1n) is 14.4. The third-order valence-corrected chi connectivity index (χ3v) is 8.77. The highest BCUT2D eigenvalue weighted by Gasteiger charge is 2.32. The Hall–Kier alpha value is -3.39. The summed E-state index contributed by atoms with van der Waals surface area (Å²) in [5, 5.41) is 6.20. The van der Waals surface area contributed by atoms with Crippen LogP contribution in [0, 0.1) is 0 Å². The number of benzene rings is 3. The molecular formula is C33H32Cl2FN3O3. The summed E-state index contributed by atoms with van der Waals surface area (Å²) in [5.41, 5.74) is 7.10. The van der Waals surface area contributed by atoms with Gasteiger partial charge < -0.3 is 10.1 Å². The monoisotopic (exact) mass is 607 g/mol. The maximum absolute atomic E-state index is 12.6. The predicted octanol–water partition coefficient (Wildman–Crippen LogP) is 6.98. The highest BCUT2D eigenvalue weighted by Crippen LogP contribution is 2.43. The largest absolute Gasteiger partial charge is 0.489 e. The Kier molecular flexibility index (Phi) is 8.52. The molecule has 2 N–H and O–H groups in total. The smallest absolute Gasteiger partial charge is 0.322 e. The molecule has 0 spiro atoms. The second kappa shape index (κ2) is 12.5. The minimum absolute atomic E-state index is 0.0865. The van der Waals surface area contributed by atoms with Crippen molar-refractivity contribution in [3.8, 4) is 5.75 Å². The Morgan fingerprint density at radius 3 is 2.52 bits per heavy atom. The second-order valence-electron chi connectivity index (χ2n) is 11.0. The van der Waals surface area contributed by atoms with Crippen molar-refractivity contribution in [1.29, 1.82) is 0 Å². The Bertz CT molecular complexity index is 1540. The van der Waals surface area contributed by atoms with Gasteiger partial charge in [-0.15, -0.1) is 0 Å². The normalized spacial score (nSPS) is 20.7. The number of hydrogen-bond acceptors (Lipinski definition) is 4. The standard InChI is InChI=1S/C33H32Cl2FN3O3/c34-23-8-12-27(29(35)18-23)28-4-1-3-21-17-22(31-32(40)38-33(41)37-31)7-11-26(21)30(28)20-5-9-24(10-6-20)42-25-13-16-39(19-25)15-2-14-36/h5-12,17-18,25,31H,1-4,13-16,19H2,(H2,37,38,40,41)/t25-,31?/m0/s1. The molecule has 3 aromatic rings. The number of halogens is 3. The average Bonchev–Trinajstić information content (AvgIpc) is 3.51. The van der Waals surface area contributed by atoms with E-state index < -0.39 is 12.1 Å². The summed E-state index contributed by atoms with van der Waals surface area (Å²) in [6.45, 7) is 2.20. The van der Waals surface area contributed by atoms with E-state index in [0.29, 0.717) is 16.5 Å². The van der Waals surface area contributed by atoms with Crippen LogP contribution in [0.3, 0.4) is 0 Å². The molecule has 6 rings (SSSR count). The van der Waals surface area contributed by atoms with Crippen LogP contribution in [0.15, 0.2) is 60.7 Å². The molecule has 2 aliphatic heterocycles. The van der Waals surface area contributed by atoms with Gasteiger partial charge in [0.15, 0.2) is 0 Å². The number of likely N-dealkylation sites (tertiary alicyclic amines) is 1. The van der Waals surface area contributed by atoms with Gasteiger partial charge in [0.25, 0.3) is 5.91 Å². The number of carbonyl (C=O) groups excluding carboxylic acids is 2. The van der Waals surface area contributed by atoms with Crippen molar-refractivity contribution in [3.05, 3.63) is 98.5 Å². The van der Waals surface area contributed by atoms with Crippen molar-refractivity contribution < 1.29 is 18.7 Å². The van der Waals surface area contributed by atoms with E-state index in [1.54, 1.807) is 6.07 Å². The molecule has 2 saturated heterocycles. The van der Waals surface area contributed by atoms with Crippen molar-refractivity contribution in [1.82, 2.24) is 15.5 Å². The summed E-state index contributed by atoms with van der Waals surface area (Å²) in [5.74, 6) is 0.455. The number of aryl methyl sites for hydroxylation is 1. The molecule has 2 fully saturated rings. The molecule has 0 bridgehead atoms. The lowest BCUT2D eigenvalue weighted by atomic mass is 9.87. The van der Waals surface area contributed by atoms with Gasteiger partial charge in [-0.2, -0.15) is 0 Å². The summed E-state index contributed by atoms with van der Waals surface area (Å²) < 4.78 is 18.9. The Morgan fingerprint density at radius 2 is 1.79 bits per heavy atom. The van der Waals surface area contributed by atoms with Crippen molar-refractivity contribution in [2.75, 3.05) is 26.3 Å². The third-order valence-electron chi connectivity index (χ3n) is 8.22. The number of ether oxygens (including phenoxy) is 1. The van der Waals surface area contributed by atoms with Gasteiger partial charge in [0.1, 0.15) is 17.9 Å². The molecule has 0 saturated carbocycles. The maximum atomic E-state index is 12.6. The molecule has 1 unspecified atom stereocenters. The molecular weight excluding hydrogens is 576 g/mol. The molecule has 3 aliphatic rings. The van der Waals surface area contributed by atoms with Crippen LogP contribution in [0.2, 0.25) is 10.0 Å². The van der Waals surface area contributed by atoms with E-state index in [-0.39, 0.29) is 18.7 Å². The first kappa shape index (κ1) is 28.7. The number of nitrogens with zero attached hydrogens (tertiary/aromatic N) is 1. The number of imide groups is 1. The van der Waals surface area contributed by atoms with Crippen LogP contribution in [-0.4, -0.2) is 49.3 Å². The van der Waals surface area contributed by atoms with Crippen LogP contribution in [0.25, 0.3) is 11.1 Å². The lowest BCUT2D eigenvalue weighted by Gasteiger charge is -2.20. The van der Waals surface area contributed by atoms with Gasteiger partial charge in [0.05, 0.1) is 6.67 Å². The van der Waals surface area contributed by atoms with Crippen molar-refractivity contribution >= 4 is 46.3 Å². The van der Waals surface area contributed by atoms with Crippen molar-refractivity contribution in [3.63, 3.8) is 0 Å². The number of fused-ring (bicyclic) bond motifs is 1. The number of alkyl halides is 1. The summed E-state index contributed by atoms with van der Waals surface area (Å²) in [6.07, 6.45) is 4.07. The first-order chi connectivity index (χ1) is 20.4. The molecule has 2 heterocycles. The molecule has 0 aromatic heterocycles. The Balaban J connectivity index is 1.36. The van der Waals surface area contributed by atoms with E-state index in [0.717, 1.165) is 90.0 Å². The molecule has 3 aromatic carbocycles. The molecule has 6 nitrogen and oxygen atoms in total. The fourth-order valence-electron chi connectivity index (χ4n) is 6.24. The second-order valence-corrected chi connectivity index (χ2v) is 11.9. The number of carbonyl (C=O) groups is 2. The van der Waals surface area contributed by atoms with Gasteiger partial charge in [0, 0.05) is 29.7 Å². The van der Waals surface area contributed by atoms with Crippen LogP contribution >= 0.6 is 23.2 Å². The number of hydrogen-bond donors (Lipinski definition) is 2. The van der Waals surface area contributed by atoms with E-state index in [9.17, 15) is 14.0 Å². The van der Waals surface area contributed by atoms with E-state index in [1.165, 1.54) is 0 Å². The minimum Gasteiger partial charge on any atom is -0.489 e. The zero-order valence-corrected chi connectivity index (χ0v) is 24.6. The lowest BCUT2D eigenvalue weighted by Crippen LogP contribution is -2.26. The van der Waals surface area contributed by atoms with E-state index in [4.69, 9.17) is 27.9 Å². The topological polar surface area (TPSA) is 70.7 Å². The maximum Gasteiger partial charge on any atom is 0.322 e. The minimum atomic E-state index is -0.705. The van der Waals surface area contributed by atoms with Gasteiger partial charge in [0.2, 0.25) is 0 Å². The number of rotatable bonds is 8. The fraction of sp³-hybridized carbons (Fsp3) is 0.333. The van der Waals surface area contributed by atoms with Crippen LogP contribution in [0.1, 0.15) is 59.5 Å². The van der Waals surface area contributed by atoms with Crippen LogP contribution < -0.4 is 15.4 Å². The molecule has 2 atom stereocenters. The van der Waals surface area contributed by atoms with Crippen molar-refractivity contribution in [2.24, 2.45) is 0 Å². The molecule has 1 aliphatic carbocycles. The first-order valence-corrected chi connectivity index (χ1v) is 15.1. The molecule has 3 amide bonds.